The molecule has 3 heterocycles. The van der Waals surface area contributed by atoms with E-state index in [1.807, 2.05) is 123 Å². The maximum absolute atomic E-state index is 15.0. The van der Waals surface area contributed by atoms with E-state index in [2.05, 4.69) is 0 Å². The lowest BCUT2D eigenvalue weighted by atomic mass is 9.82. The summed E-state index contributed by atoms with van der Waals surface area (Å²) in [5, 5.41) is 10.3. The van der Waals surface area contributed by atoms with Crippen LogP contribution in [0.2, 0.25) is 18.6 Å². The first-order valence-corrected chi connectivity index (χ1v) is 19.8. The summed E-state index contributed by atoms with van der Waals surface area (Å²) in [6, 6.07) is 31.7. The molecule has 4 aromatic carbocycles. The van der Waals surface area contributed by atoms with Crippen molar-refractivity contribution in [3.63, 3.8) is 0 Å². The predicted octanol–water partition coefficient (Wildman–Crippen LogP) is 5.79. The summed E-state index contributed by atoms with van der Waals surface area (Å²) in [5.74, 6) is -1.00. The molecule has 10 heteroatoms. The average molecular weight is 676 g/mol. The standard InChI is InChI=1S/C39H41N3O6Si/c1-26-37(49(2,3)47)35(22-36(45)40-23-28-13-11-10-12-27(28)20-32(40)24-43)48-39(26)33-21-31(41(25-44)29-14-6-4-7-15-29)18-19-34(33)42(38(39)46)30-16-8-5-9-17-30/h4-19,21,25-26,32,35,37,43,47H,20,22-24H2,1-3H3/t26-,32+,35+,37-,39+/m1/s1. The molecule has 0 bridgehead atoms. The van der Waals surface area contributed by atoms with E-state index in [4.69, 9.17) is 4.74 Å². The first-order chi connectivity index (χ1) is 23.6. The zero-order valence-corrected chi connectivity index (χ0v) is 28.9. The van der Waals surface area contributed by atoms with Gasteiger partial charge in [-0.1, -0.05) is 67.6 Å². The molecule has 4 aromatic rings. The number of aliphatic hydroxyl groups excluding tert-OH is 1. The normalized spacial score (nSPS) is 24.6. The average Bonchev–Trinajstić information content (AvgIpc) is 3.54. The molecule has 0 saturated carbocycles. The number of anilines is 4. The first-order valence-electron chi connectivity index (χ1n) is 16.8. The van der Waals surface area contributed by atoms with Crippen molar-refractivity contribution >= 4 is 49.3 Å². The van der Waals surface area contributed by atoms with E-state index in [1.165, 1.54) is 4.90 Å². The summed E-state index contributed by atoms with van der Waals surface area (Å²) in [5.41, 5.74) is 3.26. The van der Waals surface area contributed by atoms with E-state index in [-0.39, 0.29) is 30.9 Å². The zero-order chi connectivity index (χ0) is 34.5. The Kier molecular flexibility index (Phi) is 8.52. The molecule has 5 atom stereocenters. The van der Waals surface area contributed by atoms with Crippen LogP contribution in [-0.4, -0.2) is 60.1 Å². The lowest BCUT2D eigenvalue weighted by molar-refractivity contribution is -0.150. The van der Waals surface area contributed by atoms with Gasteiger partial charge in [-0.15, -0.1) is 0 Å². The van der Waals surface area contributed by atoms with Crippen LogP contribution in [0.3, 0.4) is 0 Å². The van der Waals surface area contributed by atoms with Crippen LogP contribution in [0.1, 0.15) is 30.0 Å². The third-order valence-electron chi connectivity index (χ3n) is 10.6. The molecule has 7 rings (SSSR count). The van der Waals surface area contributed by atoms with Gasteiger partial charge < -0.3 is 19.5 Å². The number of benzene rings is 4. The Bertz CT molecular complexity index is 1880. The Morgan fingerprint density at radius 3 is 2.27 bits per heavy atom. The summed E-state index contributed by atoms with van der Waals surface area (Å²) < 4.78 is 6.99. The van der Waals surface area contributed by atoms with E-state index in [1.54, 1.807) is 9.80 Å². The zero-order valence-electron chi connectivity index (χ0n) is 27.9. The number of nitrogens with zero attached hydrogens (tertiary/aromatic N) is 3. The van der Waals surface area contributed by atoms with E-state index < -0.39 is 31.5 Å². The second-order valence-corrected chi connectivity index (χ2v) is 17.9. The predicted molar refractivity (Wildman–Crippen MR) is 190 cm³/mol. The number of carbonyl (C=O) groups is 3. The minimum Gasteiger partial charge on any atom is -0.432 e. The number of hydrogen-bond donors (Lipinski definition) is 2. The van der Waals surface area contributed by atoms with Gasteiger partial charge in [0.1, 0.15) is 0 Å². The van der Waals surface area contributed by atoms with Crippen LogP contribution >= 0.6 is 0 Å². The summed E-state index contributed by atoms with van der Waals surface area (Å²) in [7, 11) is -3.07. The number of para-hydroxylation sites is 2. The van der Waals surface area contributed by atoms with Crippen molar-refractivity contribution in [1.29, 1.82) is 0 Å². The van der Waals surface area contributed by atoms with E-state index in [0.29, 0.717) is 41.3 Å². The molecule has 3 amide bonds. The Morgan fingerprint density at radius 2 is 1.61 bits per heavy atom. The Balaban J connectivity index is 1.31. The molecule has 3 aliphatic heterocycles. The molecule has 0 unspecified atom stereocenters. The molecule has 49 heavy (non-hydrogen) atoms. The summed E-state index contributed by atoms with van der Waals surface area (Å²) in [4.78, 5) is 58.4. The maximum Gasteiger partial charge on any atom is 0.268 e. The molecule has 9 nitrogen and oxygen atoms in total. The van der Waals surface area contributed by atoms with Crippen LogP contribution in [-0.2, 0) is 37.7 Å². The quantitative estimate of drug-likeness (QED) is 0.181. The molecule has 1 spiro atoms. The second-order valence-electron chi connectivity index (χ2n) is 13.9. The van der Waals surface area contributed by atoms with Gasteiger partial charge in [0.05, 0.1) is 30.9 Å². The van der Waals surface area contributed by atoms with E-state index in [9.17, 15) is 24.3 Å². The Labute approximate surface area is 287 Å². The molecule has 252 valence electrons. The Hall–Kier alpha value is -4.61. The fourth-order valence-corrected chi connectivity index (χ4v) is 10.9. The van der Waals surface area contributed by atoms with Gasteiger partial charge in [0.2, 0.25) is 12.3 Å². The highest BCUT2D eigenvalue weighted by molar-refractivity contribution is 6.71. The van der Waals surface area contributed by atoms with Crippen molar-refractivity contribution in [2.24, 2.45) is 5.92 Å². The SMILES string of the molecule is C[C@@H]1[C@@H]([Si](C)(C)O)[C@H](CC(=O)N2Cc3ccccc3C[C@H]2CO)O[C@@]12C(=O)N(c1ccccc1)c1ccc(N(C=O)c3ccccc3)cc12. The number of ether oxygens (including phenoxy) is 1. The molecule has 3 aliphatic rings. The van der Waals surface area contributed by atoms with Gasteiger partial charge in [0.25, 0.3) is 5.91 Å². The van der Waals surface area contributed by atoms with Gasteiger partial charge in [0.15, 0.2) is 13.9 Å². The lowest BCUT2D eigenvalue weighted by Crippen LogP contribution is -2.48. The summed E-state index contributed by atoms with van der Waals surface area (Å²) in [6.45, 7) is 5.79. The van der Waals surface area contributed by atoms with Gasteiger partial charge in [-0.3, -0.25) is 24.2 Å². The third kappa shape index (κ3) is 5.49. The van der Waals surface area contributed by atoms with Crippen molar-refractivity contribution in [2.45, 2.75) is 62.7 Å². The maximum atomic E-state index is 15.0. The van der Waals surface area contributed by atoms with Crippen LogP contribution in [0.4, 0.5) is 22.7 Å². The monoisotopic (exact) mass is 675 g/mol. The van der Waals surface area contributed by atoms with Crippen molar-refractivity contribution in [3.05, 3.63) is 120 Å². The summed E-state index contributed by atoms with van der Waals surface area (Å²) in [6.07, 6.45) is 0.475. The molecule has 1 fully saturated rings. The molecular weight excluding hydrogens is 635 g/mol. The summed E-state index contributed by atoms with van der Waals surface area (Å²) >= 11 is 0. The van der Waals surface area contributed by atoms with Crippen LogP contribution in [0.15, 0.2) is 103 Å². The topological polar surface area (TPSA) is 111 Å². The highest BCUT2D eigenvalue weighted by Gasteiger charge is 2.67. The second kappa shape index (κ2) is 12.7. The highest BCUT2D eigenvalue weighted by Crippen LogP contribution is 2.61. The van der Waals surface area contributed by atoms with Gasteiger partial charge in [-0.05, 0) is 73.1 Å². The number of aliphatic hydroxyl groups is 1. The van der Waals surface area contributed by atoms with Crippen molar-refractivity contribution < 1.29 is 29.0 Å². The van der Waals surface area contributed by atoms with E-state index >= 15 is 0 Å². The molecule has 1 saturated heterocycles. The molecule has 0 aromatic heterocycles. The molecule has 0 aliphatic carbocycles. The molecular formula is C39H41N3O6Si. The number of carbonyl (C=O) groups excluding carboxylic acids is 3. The van der Waals surface area contributed by atoms with Crippen LogP contribution in [0.25, 0.3) is 0 Å². The van der Waals surface area contributed by atoms with Crippen LogP contribution in [0.5, 0.6) is 0 Å². The number of fused-ring (bicyclic) bond motifs is 3. The van der Waals surface area contributed by atoms with Crippen LogP contribution < -0.4 is 9.80 Å². The van der Waals surface area contributed by atoms with E-state index in [0.717, 1.165) is 17.5 Å². The van der Waals surface area contributed by atoms with Gasteiger partial charge in [-0.2, -0.15) is 0 Å². The number of rotatable bonds is 8. The van der Waals surface area contributed by atoms with Gasteiger partial charge >= 0.3 is 0 Å². The van der Waals surface area contributed by atoms with Crippen molar-refractivity contribution in [2.75, 3.05) is 16.4 Å². The van der Waals surface area contributed by atoms with Gasteiger partial charge in [0, 0.05) is 40.6 Å². The number of hydrogen-bond acceptors (Lipinski definition) is 6. The molecule has 0 radical (unpaired) electrons. The van der Waals surface area contributed by atoms with Crippen LogP contribution in [0, 0.1) is 5.92 Å². The first kappa shape index (κ1) is 32.9. The fraction of sp³-hybridized carbons (Fsp3) is 0.308. The Morgan fingerprint density at radius 1 is 0.959 bits per heavy atom. The van der Waals surface area contributed by atoms with Crippen molar-refractivity contribution in [3.8, 4) is 0 Å². The minimum atomic E-state index is -3.07. The number of amides is 3. The molecule has 2 N–H and O–H groups in total. The highest BCUT2D eigenvalue weighted by atomic mass is 28.4. The fourth-order valence-electron chi connectivity index (χ4n) is 8.37. The lowest BCUT2D eigenvalue weighted by Gasteiger charge is -2.37. The van der Waals surface area contributed by atoms with Crippen molar-refractivity contribution in [1.82, 2.24) is 4.90 Å². The van der Waals surface area contributed by atoms with Gasteiger partial charge in [-0.25, -0.2) is 0 Å². The minimum absolute atomic E-state index is 0.0511. The largest absolute Gasteiger partial charge is 0.432 e. The smallest absolute Gasteiger partial charge is 0.268 e. The third-order valence-corrected chi connectivity index (χ3v) is 13.1.